The second-order valence-electron chi connectivity index (χ2n) is 4.72. The van der Waals surface area contributed by atoms with Gasteiger partial charge in [0.05, 0.1) is 12.0 Å². The molecule has 2 rings (SSSR count). The van der Waals surface area contributed by atoms with E-state index in [-0.39, 0.29) is 11.3 Å². The molecule has 0 N–H and O–H groups in total. The number of ether oxygens (including phenoxy) is 1. The van der Waals surface area contributed by atoms with E-state index in [4.69, 9.17) is 16.3 Å². The topological polar surface area (TPSA) is 9.23 Å². The average molecular weight is 354 g/mol. The molecule has 2 atom stereocenters. The van der Waals surface area contributed by atoms with Gasteiger partial charge in [-0.25, -0.2) is 0 Å². The van der Waals surface area contributed by atoms with Gasteiger partial charge < -0.3 is 4.74 Å². The molecule has 0 bridgehead atoms. The van der Waals surface area contributed by atoms with E-state index in [0.717, 1.165) is 15.8 Å². The van der Waals surface area contributed by atoms with Gasteiger partial charge in [0.1, 0.15) is 5.75 Å². The van der Waals surface area contributed by atoms with E-state index in [1.165, 1.54) is 5.56 Å². The Morgan fingerprint density at radius 3 is 2.50 bits per heavy atom. The van der Waals surface area contributed by atoms with E-state index in [1.54, 1.807) is 0 Å². The van der Waals surface area contributed by atoms with E-state index in [9.17, 15) is 0 Å². The molecule has 0 spiro atoms. The molecule has 1 nitrogen and oxygen atoms in total. The summed E-state index contributed by atoms with van der Waals surface area (Å²) in [5.74, 6) is 1.07. The van der Waals surface area contributed by atoms with Gasteiger partial charge in [-0.05, 0) is 30.7 Å². The fourth-order valence-corrected chi connectivity index (χ4v) is 2.91. The molecule has 0 heterocycles. The van der Waals surface area contributed by atoms with Crippen LogP contribution >= 0.6 is 27.5 Å². The van der Waals surface area contributed by atoms with Crippen LogP contribution in [0.3, 0.4) is 0 Å². The van der Waals surface area contributed by atoms with Crippen molar-refractivity contribution < 1.29 is 4.74 Å². The summed E-state index contributed by atoms with van der Waals surface area (Å²) in [5.41, 5.74) is 2.26. The Hall–Kier alpha value is -0.990. The van der Waals surface area contributed by atoms with Gasteiger partial charge in [-0.3, -0.25) is 0 Å². The molecule has 0 fully saturated rings. The maximum Gasteiger partial charge on any atom is 0.124 e. The lowest BCUT2D eigenvalue weighted by molar-refractivity contribution is 0.335. The molecule has 0 aromatic heterocycles. The molecule has 2 unspecified atom stereocenters. The van der Waals surface area contributed by atoms with Crippen molar-refractivity contribution in [3.05, 3.63) is 64.1 Å². The van der Waals surface area contributed by atoms with Crippen molar-refractivity contribution in [1.82, 2.24) is 0 Å². The summed E-state index contributed by atoms with van der Waals surface area (Å²) in [6.07, 6.45) is 0. The summed E-state index contributed by atoms with van der Waals surface area (Å²) in [4.78, 5) is 0. The number of rotatable bonds is 5. The highest BCUT2D eigenvalue weighted by Crippen LogP contribution is 2.41. The van der Waals surface area contributed by atoms with Crippen LogP contribution in [-0.4, -0.2) is 6.61 Å². The molecule has 0 saturated carbocycles. The molecule has 0 radical (unpaired) electrons. The first kappa shape index (κ1) is 15.4. The minimum absolute atomic E-state index is 0.128. The zero-order valence-electron chi connectivity index (χ0n) is 11.6. The van der Waals surface area contributed by atoms with Crippen molar-refractivity contribution in [3.8, 4) is 5.75 Å². The van der Waals surface area contributed by atoms with Crippen LogP contribution in [0.1, 0.15) is 36.3 Å². The largest absolute Gasteiger partial charge is 0.494 e. The number of halogens is 2. The molecular formula is C17H18BrClO. The van der Waals surface area contributed by atoms with Gasteiger partial charge in [0.15, 0.2) is 0 Å². The predicted molar refractivity (Wildman–Crippen MR) is 88.8 cm³/mol. The second kappa shape index (κ2) is 7.14. The van der Waals surface area contributed by atoms with Gasteiger partial charge in [-0.15, -0.1) is 11.6 Å². The van der Waals surface area contributed by atoms with Crippen LogP contribution in [0.5, 0.6) is 5.75 Å². The Balaban J connectivity index is 2.32. The van der Waals surface area contributed by atoms with Gasteiger partial charge in [0, 0.05) is 16.0 Å². The third kappa shape index (κ3) is 3.56. The molecule has 0 amide bonds. The van der Waals surface area contributed by atoms with Crippen LogP contribution < -0.4 is 4.74 Å². The Morgan fingerprint density at radius 1 is 1.15 bits per heavy atom. The number of hydrogen-bond donors (Lipinski definition) is 0. The quantitative estimate of drug-likeness (QED) is 0.605. The number of alkyl halides is 1. The Morgan fingerprint density at radius 2 is 1.85 bits per heavy atom. The van der Waals surface area contributed by atoms with Crippen LogP contribution in [0.15, 0.2) is 53.0 Å². The third-order valence-corrected chi connectivity index (χ3v) is 4.44. The van der Waals surface area contributed by atoms with E-state index >= 15 is 0 Å². The fourth-order valence-electron chi connectivity index (χ4n) is 2.22. The highest BCUT2D eigenvalue weighted by molar-refractivity contribution is 9.10. The fraction of sp³-hybridized carbons (Fsp3) is 0.294. The molecule has 2 aromatic rings. The Bertz CT molecular complexity index is 556. The lowest BCUT2D eigenvalue weighted by Crippen LogP contribution is -2.05. The standard InChI is InChI=1S/C17H18BrClO/c1-3-20-16-10-9-14(18)11-15(16)17(19)12(2)13-7-5-4-6-8-13/h4-12,17H,3H2,1-2H3. The normalized spacial score (nSPS) is 13.8. The highest BCUT2D eigenvalue weighted by atomic mass is 79.9. The van der Waals surface area contributed by atoms with Gasteiger partial charge in [0.2, 0.25) is 0 Å². The summed E-state index contributed by atoms with van der Waals surface area (Å²) < 4.78 is 6.71. The van der Waals surface area contributed by atoms with E-state index in [2.05, 4.69) is 35.0 Å². The zero-order valence-corrected chi connectivity index (χ0v) is 14.0. The molecule has 0 saturated heterocycles. The Kier molecular flexibility index (Phi) is 5.50. The second-order valence-corrected chi connectivity index (χ2v) is 6.10. The van der Waals surface area contributed by atoms with Gasteiger partial charge in [-0.2, -0.15) is 0 Å². The zero-order chi connectivity index (χ0) is 14.5. The highest BCUT2D eigenvalue weighted by Gasteiger charge is 2.22. The first-order valence-corrected chi connectivity index (χ1v) is 7.97. The molecule has 0 aliphatic carbocycles. The van der Waals surface area contributed by atoms with Crippen molar-refractivity contribution in [2.45, 2.75) is 25.1 Å². The van der Waals surface area contributed by atoms with Crippen LogP contribution in [0.2, 0.25) is 0 Å². The van der Waals surface area contributed by atoms with E-state index in [1.807, 2.05) is 43.3 Å². The van der Waals surface area contributed by atoms with E-state index < -0.39 is 0 Å². The maximum atomic E-state index is 6.70. The number of benzene rings is 2. The lowest BCUT2D eigenvalue weighted by Gasteiger charge is -2.21. The van der Waals surface area contributed by atoms with Crippen molar-refractivity contribution >= 4 is 27.5 Å². The van der Waals surface area contributed by atoms with Crippen molar-refractivity contribution in [2.75, 3.05) is 6.61 Å². The summed E-state index contributed by atoms with van der Waals surface area (Å²) in [6.45, 7) is 4.76. The first-order chi connectivity index (χ1) is 9.63. The smallest absolute Gasteiger partial charge is 0.124 e. The van der Waals surface area contributed by atoms with Crippen LogP contribution in [0, 0.1) is 0 Å². The van der Waals surface area contributed by atoms with Crippen LogP contribution in [0.4, 0.5) is 0 Å². The SMILES string of the molecule is CCOc1ccc(Br)cc1C(Cl)C(C)c1ccccc1. The monoisotopic (exact) mass is 352 g/mol. The van der Waals surface area contributed by atoms with Crippen LogP contribution in [0.25, 0.3) is 0 Å². The van der Waals surface area contributed by atoms with Crippen LogP contribution in [-0.2, 0) is 0 Å². The minimum atomic E-state index is -0.128. The summed E-state index contributed by atoms with van der Waals surface area (Å²) in [7, 11) is 0. The molecule has 106 valence electrons. The van der Waals surface area contributed by atoms with Gasteiger partial charge in [0.25, 0.3) is 0 Å². The van der Waals surface area contributed by atoms with Gasteiger partial charge >= 0.3 is 0 Å². The average Bonchev–Trinajstić information content (AvgIpc) is 2.48. The summed E-state index contributed by atoms with van der Waals surface area (Å²) >= 11 is 10.2. The van der Waals surface area contributed by atoms with Crippen molar-refractivity contribution in [2.24, 2.45) is 0 Å². The predicted octanol–water partition coefficient (Wildman–Crippen LogP) is 5.93. The number of hydrogen-bond acceptors (Lipinski definition) is 1. The van der Waals surface area contributed by atoms with Crippen molar-refractivity contribution in [1.29, 1.82) is 0 Å². The molecule has 2 aromatic carbocycles. The minimum Gasteiger partial charge on any atom is -0.494 e. The third-order valence-electron chi connectivity index (χ3n) is 3.33. The van der Waals surface area contributed by atoms with E-state index in [0.29, 0.717) is 6.61 Å². The van der Waals surface area contributed by atoms with Crippen molar-refractivity contribution in [3.63, 3.8) is 0 Å². The summed E-state index contributed by atoms with van der Waals surface area (Å²) in [6, 6.07) is 16.3. The molecular weight excluding hydrogens is 336 g/mol. The molecule has 3 heteroatoms. The lowest BCUT2D eigenvalue weighted by atomic mass is 9.93. The van der Waals surface area contributed by atoms with Gasteiger partial charge in [-0.1, -0.05) is 53.2 Å². The molecule has 20 heavy (non-hydrogen) atoms. The Labute approximate surface area is 134 Å². The summed E-state index contributed by atoms with van der Waals surface area (Å²) in [5, 5.41) is -0.128. The molecule has 0 aliphatic rings. The molecule has 0 aliphatic heterocycles. The first-order valence-electron chi connectivity index (χ1n) is 6.74. The maximum absolute atomic E-state index is 6.70.